The highest BCUT2D eigenvalue weighted by molar-refractivity contribution is 6.18. The van der Waals surface area contributed by atoms with Gasteiger partial charge in [-0.3, -0.25) is 28.5 Å². The molecule has 2 aliphatic rings. The fourth-order valence-corrected chi connectivity index (χ4v) is 4.39. The molecule has 0 unspecified atom stereocenters. The number of pyridine rings is 2. The first-order valence-electron chi connectivity index (χ1n) is 10.7. The Bertz CT molecular complexity index is 1560. The van der Waals surface area contributed by atoms with Crippen LogP contribution in [0, 0.1) is 0 Å². The monoisotopic (exact) mass is 472 g/mol. The first-order chi connectivity index (χ1) is 16.4. The molecular formula is C22H24N4O8. The van der Waals surface area contributed by atoms with E-state index >= 15 is 0 Å². The molecule has 180 valence electrons. The van der Waals surface area contributed by atoms with Gasteiger partial charge < -0.3 is 30.8 Å². The third kappa shape index (κ3) is 3.47. The number of anilines is 1. The second-order valence-electron chi connectivity index (χ2n) is 7.66. The van der Waals surface area contributed by atoms with Crippen LogP contribution in [0.1, 0.15) is 0 Å². The van der Waals surface area contributed by atoms with Crippen LogP contribution in [0.5, 0.6) is 5.88 Å². The normalized spacial score (nSPS) is 12.5. The molecule has 6 N–H and O–H groups in total. The number of aromatic nitrogens is 2. The number of hydrogen-bond donors (Lipinski definition) is 6. The smallest absolute Gasteiger partial charge is 0.263 e. The minimum absolute atomic E-state index is 0.0274. The topological polar surface area (TPSA) is 187 Å². The summed E-state index contributed by atoms with van der Waals surface area (Å²) in [5.74, 6) is -0.465. The van der Waals surface area contributed by atoms with Crippen LogP contribution in [0.25, 0.3) is 32.7 Å². The van der Waals surface area contributed by atoms with Crippen LogP contribution in [0.4, 0.5) is 5.69 Å². The highest BCUT2D eigenvalue weighted by atomic mass is 16.3. The largest absolute Gasteiger partial charge is 0.494 e. The average Bonchev–Trinajstić information content (AvgIpc) is 2.83. The third-order valence-corrected chi connectivity index (χ3v) is 5.73. The molecule has 1 aliphatic heterocycles. The van der Waals surface area contributed by atoms with Crippen LogP contribution in [0.2, 0.25) is 0 Å². The first kappa shape index (κ1) is 23.6. The molecule has 1 aliphatic carbocycles. The predicted molar refractivity (Wildman–Crippen MR) is 124 cm³/mol. The van der Waals surface area contributed by atoms with Crippen molar-refractivity contribution in [2.24, 2.45) is 4.99 Å². The molecule has 0 fully saturated rings. The molecule has 0 spiro atoms. The zero-order valence-corrected chi connectivity index (χ0v) is 18.1. The minimum atomic E-state index is -0.700. The Hall–Kier alpha value is -3.58. The molecule has 34 heavy (non-hydrogen) atoms. The molecule has 0 amide bonds. The van der Waals surface area contributed by atoms with Crippen molar-refractivity contribution in [1.29, 1.82) is 0 Å². The van der Waals surface area contributed by atoms with E-state index in [1.165, 1.54) is 12.1 Å². The van der Waals surface area contributed by atoms with Gasteiger partial charge in [0.2, 0.25) is 5.88 Å². The number of benzene rings is 2. The lowest BCUT2D eigenvalue weighted by atomic mass is 9.89. The maximum Gasteiger partial charge on any atom is 0.263 e. The Labute approximate surface area is 190 Å². The predicted octanol–water partition coefficient (Wildman–Crippen LogP) is -2.36. The molecule has 1 aromatic carbocycles. The molecular weight excluding hydrogens is 448 g/mol. The molecule has 0 radical (unpaired) electrons. The average molecular weight is 472 g/mol. The third-order valence-electron chi connectivity index (χ3n) is 5.73. The van der Waals surface area contributed by atoms with Gasteiger partial charge in [0.25, 0.3) is 16.7 Å². The Kier molecular flexibility index (Phi) is 6.48. The van der Waals surface area contributed by atoms with Gasteiger partial charge in [-0.1, -0.05) is 0 Å². The second kappa shape index (κ2) is 9.35. The molecule has 12 nitrogen and oxygen atoms in total. The lowest BCUT2D eigenvalue weighted by Gasteiger charge is -2.21. The van der Waals surface area contributed by atoms with Gasteiger partial charge in [0.05, 0.1) is 67.8 Å². The summed E-state index contributed by atoms with van der Waals surface area (Å²) in [7, 11) is 0. The standard InChI is InChI=1S/C22H24N4O8/c27-5-1-23-13-9-11-16-15-12(20(32)25(3-7-29)21(33)17(13)15)10-14(24-2-6-28)18(16)22(34)26(4-8-30)19(11)31/h9-10,23,27-31H,1-8H2. The number of nitrogens with one attached hydrogen (secondary N) is 1. The Morgan fingerprint density at radius 2 is 1.47 bits per heavy atom. The van der Waals surface area contributed by atoms with Gasteiger partial charge in [-0.15, -0.1) is 0 Å². The van der Waals surface area contributed by atoms with Crippen molar-refractivity contribution in [1.82, 2.24) is 9.13 Å². The number of aliphatic hydroxyl groups is 4. The van der Waals surface area contributed by atoms with E-state index in [1.807, 2.05) is 0 Å². The summed E-state index contributed by atoms with van der Waals surface area (Å²) in [6.07, 6.45) is 0. The summed E-state index contributed by atoms with van der Waals surface area (Å²) in [6, 6.07) is 2.79. The van der Waals surface area contributed by atoms with E-state index in [-0.39, 0.29) is 83.1 Å². The second-order valence-corrected chi connectivity index (χ2v) is 7.66. The van der Waals surface area contributed by atoms with E-state index in [4.69, 9.17) is 0 Å². The molecule has 0 bridgehead atoms. The summed E-state index contributed by atoms with van der Waals surface area (Å²) < 4.78 is 1.85. The zero-order chi connectivity index (χ0) is 24.6. The van der Waals surface area contributed by atoms with Crippen molar-refractivity contribution < 1.29 is 25.5 Å². The van der Waals surface area contributed by atoms with Gasteiger partial charge in [-0.05, 0) is 12.1 Å². The van der Waals surface area contributed by atoms with E-state index in [9.17, 15) is 39.9 Å². The first-order valence-corrected chi connectivity index (χ1v) is 10.7. The SMILES string of the molecule is O=c1c2c(=NCCO)cc3c(=O)n(CCO)c(=O)c4c(NCCO)cc(c(O)n1CCO)c2c4-3. The van der Waals surface area contributed by atoms with Crippen molar-refractivity contribution in [2.75, 3.05) is 44.8 Å². The molecule has 4 rings (SSSR count). The molecule has 0 saturated heterocycles. The van der Waals surface area contributed by atoms with Crippen LogP contribution < -0.4 is 27.4 Å². The Morgan fingerprint density at radius 3 is 2.12 bits per heavy atom. The van der Waals surface area contributed by atoms with Gasteiger partial charge in [-0.25, -0.2) is 0 Å². The van der Waals surface area contributed by atoms with Crippen LogP contribution in [0.15, 0.2) is 31.5 Å². The van der Waals surface area contributed by atoms with Gasteiger partial charge in [0.1, 0.15) is 0 Å². The van der Waals surface area contributed by atoms with E-state index in [0.717, 1.165) is 9.13 Å². The minimum Gasteiger partial charge on any atom is -0.494 e. The van der Waals surface area contributed by atoms with E-state index in [1.54, 1.807) is 0 Å². The Balaban J connectivity index is 2.37. The fourth-order valence-electron chi connectivity index (χ4n) is 4.39. The number of hydrogen-bond acceptors (Lipinski definition) is 10. The van der Waals surface area contributed by atoms with Crippen molar-refractivity contribution in [2.45, 2.75) is 13.1 Å². The van der Waals surface area contributed by atoms with E-state index in [2.05, 4.69) is 10.3 Å². The maximum absolute atomic E-state index is 13.4. The maximum atomic E-state index is 13.4. The Morgan fingerprint density at radius 1 is 0.794 bits per heavy atom. The summed E-state index contributed by atoms with van der Waals surface area (Å²) in [4.78, 5) is 44.2. The summed E-state index contributed by atoms with van der Waals surface area (Å²) in [5.41, 5.74) is -1.67. The number of aliphatic hydroxyl groups excluding tert-OH is 4. The lowest BCUT2D eigenvalue weighted by molar-refractivity contribution is 0.265. The molecule has 12 heteroatoms. The van der Waals surface area contributed by atoms with Crippen LogP contribution in [-0.4, -0.2) is 74.2 Å². The van der Waals surface area contributed by atoms with Crippen LogP contribution >= 0.6 is 0 Å². The highest BCUT2D eigenvalue weighted by Crippen LogP contribution is 2.40. The van der Waals surface area contributed by atoms with Crippen molar-refractivity contribution >= 4 is 27.2 Å². The molecule has 0 atom stereocenters. The van der Waals surface area contributed by atoms with Crippen LogP contribution in [0.3, 0.4) is 0 Å². The van der Waals surface area contributed by atoms with Gasteiger partial charge in [0.15, 0.2) is 0 Å². The van der Waals surface area contributed by atoms with E-state index in [0.29, 0.717) is 0 Å². The van der Waals surface area contributed by atoms with Crippen molar-refractivity contribution in [3.63, 3.8) is 0 Å². The molecule has 2 aromatic rings. The zero-order valence-electron chi connectivity index (χ0n) is 18.1. The van der Waals surface area contributed by atoms with Crippen molar-refractivity contribution in [3.05, 3.63) is 48.6 Å². The fraction of sp³-hybridized carbons (Fsp3) is 0.364. The van der Waals surface area contributed by atoms with Gasteiger partial charge >= 0.3 is 0 Å². The summed E-state index contributed by atoms with van der Waals surface area (Å²) >= 11 is 0. The van der Waals surface area contributed by atoms with Gasteiger partial charge in [0, 0.05) is 28.6 Å². The molecule has 0 saturated carbocycles. The molecule has 2 heterocycles. The number of aromatic hydroxyl groups is 1. The molecule has 1 aromatic heterocycles. The van der Waals surface area contributed by atoms with Crippen LogP contribution in [-0.2, 0) is 13.1 Å². The van der Waals surface area contributed by atoms with Gasteiger partial charge in [-0.2, -0.15) is 0 Å². The quantitative estimate of drug-likeness (QED) is 0.145. The number of rotatable bonds is 9. The number of nitrogens with zero attached hydrogens (tertiary/aromatic N) is 3. The van der Waals surface area contributed by atoms with E-state index < -0.39 is 35.8 Å². The lowest BCUT2D eigenvalue weighted by Crippen LogP contribution is -2.38. The summed E-state index contributed by atoms with van der Waals surface area (Å²) in [5, 5.41) is 51.7. The van der Waals surface area contributed by atoms with Crippen molar-refractivity contribution in [3.8, 4) is 17.0 Å². The highest BCUT2D eigenvalue weighted by Gasteiger charge is 2.28. The summed E-state index contributed by atoms with van der Waals surface area (Å²) in [6.45, 7) is -1.95.